The van der Waals surface area contributed by atoms with E-state index in [2.05, 4.69) is 27.1 Å². The van der Waals surface area contributed by atoms with E-state index in [4.69, 9.17) is 38.2 Å². The van der Waals surface area contributed by atoms with Crippen molar-refractivity contribution in [3.63, 3.8) is 0 Å². The minimum absolute atomic E-state index is 0.111. The van der Waals surface area contributed by atoms with Gasteiger partial charge in [0.15, 0.2) is 5.82 Å². The summed E-state index contributed by atoms with van der Waals surface area (Å²) < 4.78 is 88.2. The van der Waals surface area contributed by atoms with Crippen molar-refractivity contribution < 1.29 is 45.4 Å². The molecule has 1 atom stereocenters. The number of carboxylic acid groups (broad SMARTS) is 1. The number of sulfonamides is 1. The van der Waals surface area contributed by atoms with Crippen molar-refractivity contribution in [2.24, 2.45) is 0 Å². The maximum absolute atomic E-state index is 14.9. The van der Waals surface area contributed by atoms with Gasteiger partial charge in [0, 0.05) is 23.5 Å². The number of hydrogen-bond donors (Lipinski definition) is 4. The lowest BCUT2D eigenvalue weighted by Crippen LogP contribution is -2.21. The number of hydrogen-bond acceptors (Lipinski definition) is 7. The van der Waals surface area contributed by atoms with Crippen LogP contribution in [0.1, 0.15) is 18.1 Å². The molecule has 3 rings (SSSR count). The maximum atomic E-state index is 14.9. The number of nitrogens with zero attached hydrogens (tertiary/aromatic N) is 2. The maximum Gasteiger partial charge on any atom is 0.490 e. The van der Waals surface area contributed by atoms with Crippen molar-refractivity contribution in [1.82, 2.24) is 9.97 Å². The smallest absolute Gasteiger partial charge is 0.475 e. The van der Waals surface area contributed by atoms with E-state index < -0.39 is 45.1 Å². The highest BCUT2D eigenvalue weighted by atomic mass is 35.5. The monoisotopic (exact) mass is 626 g/mol. The molecule has 17 heteroatoms. The average Bonchev–Trinajstić information content (AvgIpc) is 2.87. The molecule has 0 saturated heterocycles. The Hall–Kier alpha value is -3.71. The van der Waals surface area contributed by atoms with Gasteiger partial charge in [0.2, 0.25) is 5.95 Å². The van der Waals surface area contributed by atoms with Crippen LogP contribution < -0.4 is 10.0 Å². The standard InChI is InChI=1S/C21H16Cl2F2N4O3S.C2HF3O2/c1-12(11-30)28-21-26-9-13(10-27-21)2-4-15-17(24)6-7-18(20(15)25)29-33(31,32)19-8-14(22)3-5-16(19)23;3-2(4,5)1(6)7/h3,5-10,12,29-30H,11H2,1H3,(H,26,27,28);(H,6,7)/t12-;/m1./s1. The topological polar surface area (TPSA) is 142 Å². The van der Waals surface area contributed by atoms with E-state index >= 15 is 0 Å². The molecule has 0 bridgehead atoms. The third kappa shape index (κ3) is 9.19. The second kappa shape index (κ2) is 13.6. The van der Waals surface area contributed by atoms with Gasteiger partial charge in [0.25, 0.3) is 10.0 Å². The van der Waals surface area contributed by atoms with Gasteiger partial charge in [-0.05, 0) is 37.3 Å². The Bertz CT molecular complexity index is 1550. The quantitative estimate of drug-likeness (QED) is 0.228. The van der Waals surface area contributed by atoms with Crippen molar-refractivity contribution in [3.05, 3.63) is 75.5 Å². The number of rotatable bonds is 6. The molecule has 2 aromatic carbocycles. The van der Waals surface area contributed by atoms with Crippen molar-refractivity contribution >= 4 is 50.8 Å². The van der Waals surface area contributed by atoms with Crippen molar-refractivity contribution in [2.75, 3.05) is 16.6 Å². The number of carboxylic acids is 1. The molecule has 0 aliphatic carbocycles. The van der Waals surface area contributed by atoms with Crippen molar-refractivity contribution in [1.29, 1.82) is 0 Å². The molecule has 0 aliphatic rings. The van der Waals surface area contributed by atoms with E-state index in [9.17, 15) is 30.4 Å². The van der Waals surface area contributed by atoms with Gasteiger partial charge in [0.05, 0.1) is 28.4 Å². The second-order valence-corrected chi connectivity index (χ2v) is 10.0. The van der Waals surface area contributed by atoms with Gasteiger partial charge >= 0.3 is 12.1 Å². The third-order valence-electron chi connectivity index (χ3n) is 4.39. The van der Waals surface area contributed by atoms with Gasteiger partial charge in [-0.25, -0.2) is 32.0 Å². The summed E-state index contributed by atoms with van der Waals surface area (Å²) in [7, 11) is -4.32. The molecule has 0 spiro atoms. The van der Waals surface area contributed by atoms with Crippen LogP contribution in [0.3, 0.4) is 0 Å². The summed E-state index contributed by atoms with van der Waals surface area (Å²) in [5.41, 5.74) is -0.915. The number of alkyl halides is 3. The largest absolute Gasteiger partial charge is 0.490 e. The number of aromatic nitrogens is 2. The first-order valence-electron chi connectivity index (χ1n) is 10.5. The molecule has 0 aliphatic heterocycles. The lowest BCUT2D eigenvalue weighted by molar-refractivity contribution is -0.192. The molecule has 9 nitrogen and oxygen atoms in total. The Labute approximate surface area is 234 Å². The molecular formula is C23H17Cl2F5N4O5S. The summed E-state index contributed by atoms with van der Waals surface area (Å²) in [6.07, 6.45) is -2.42. The molecule has 0 amide bonds. The lowest BCUT2D eigenvalue weighted by atomic mass is 10.1. The Morgan fingerprint density at radius 1 is 1.10 bits per heavy atom. The number of aliphatic carboxylic acids is 1. The molecule has 0 saturated carbocycles. The number of aliphatic hydroxyl groups is 1. The van der Waals surface area contributed by atoms with Crippen LogP contribution in [0.4, 0.5) is 33.6 Å². The molecular weight excluding hydrogens is 610 g/mol. The molecule has 0 unspecified atom stereocenters. The molecule has 214 valence electrons. The Balaban J connectivity index is 0.000000708. The zero-order valence-corrected chi connectivity index (χ0v) is 22.2. The zero-order valence-electron chi connectivity index (χ0n) is 19.9. The fourth-order valence-electron chi connectivity index (χ4n) is 2.50. The van der Waals surface area contributed by atoms with Gasteiger partial charge in [-0.2, -0.15) is 13.2 Å². The summed E-state index contributed by atoms with van der Waals surface area (Å²) in [5, 5.41) is 19.0. The van der Waals surface area contributed by atoms with Crippen LogP contribution in [0.5, 0.6) is 0 Å². The predicted octanol–water partition coefficient (Wildman–Crippen LogP) is 4.69. The number of benzene rings is 2. The minimum Gasteiger partial charge on any atom is -0.475 e. The van der Waals surface area contributed by atoms with E-state index in [0.717, 1.165) is 18.2 Å². The van der Waals surface area contributed by atoms with Gasteiger partial charge < -0.3 is 15.5 Å². The Kier molecular flexibility index (Phi) is 11.0. The second-order valence-electron chi connectivity index (χ2n) is 7.54. The van der Waals surface area contributed by atoms with E-state index in [1.54, 1.807) is 6.92 Å². The van der Waals surface area contributed by atoms with Crippen molar-refractivity contribution in [2.45, 2.75) is 24.0 Å². The number of halogens is 7. The van der Waals surface area contributed by atoms with Crippen LogP contribution in [0.2, 0.25) is 10.0 Å². The number of anilines is 2. The average molecular weight is 627 g/mol. The molecule has 0 fully saturated rings. The van der Waals surface area contributed by atoms with Crippen LogP contribution in [0, 0.1) is 23.5 Å². The van der Waals surface area contributed by atoms with Gasteiger partial charge in [0.1, 0.15) is 10.7 Å². The third-order valence-corrected chi connectivity index (χ3v) is 6.48. The SMILES string of the molecule is C[C@H](CO)Nc1ncc(C#Cc2c(F)ccc(NS(=O)(=O)c3cc(Cl)ccc3Cl)c2F)cn1.O=C(O)C(F)(F)F. The first kappa shape index (κ1) is 32.5. The summed E-state index contributed by atoms with van der Waals surface area (Å²) in [5.74, 6) is 0.155. The van der Waals surface area contributed by atoms with Gasteiger partial charge in [-0.1, -0.05) is 35.0 Å². The van der Waals surface area contributed by atoms with E-state index in [1.165, 1.54) is 24.5 Å². The van der Waals surface area contributed by atoms with Crippen LogP contribution in [0.15, 0.2) is 47.6 Å². The molecule has 1 aromatic heterocycles. The highest BCUT2D eigenvalue weighted by Crippen LogP contribution is 2.29. The Morgan fingerprint density at radius 3 is 2.25 bits per heavy atom. The highest BCUT2D eigenvalue weighted by molar-refractivity contribution is 7.92. The highest BCUT2D eigenvalue weighted by Gasteiger charge is 2.38. The lowest BCUT2D eigenvalue weighted by Gasteiger charge is -2.11. The number of aliphatic hydroxyl groups excluding tert-OH is 1. The summed E-state index contributed by atoms with van der Waals surface area (Å²) in [4.78, 5) is 16.5. The van der Waals surface area contributed by atoms with Crippen LogP contribution in [-0.4, -0.2) is 53.4 Å². The molecule has 40 heavy (non-hydrogen) atoms. The Morgan fingerprint density at radius 2 is 1.70 bits per heavy atom. The summed E-state index contributed by atoms with van der Waals surface area (Å²) >= 11 is 11.8. The predicted molar refractivity (Wildman–Crippen MR) is 136 cm³/mol. The first-order chi connectivity index (χ1) is 18.5. The van der Waals surface area contributed by atoms with E-state index in [0.29, 0.717) is 0 Å². The normalized spacial score (nSPS) is 11.8. The zero-order chi connectivity index (χ0) is 30.3. The van der Waals surface area contributed by atoms with Crippen LogP contribution in [0.25, 0.3) is 0 Å². The molecule has 3 aromatic rings. The molecule has 1 heterocycles. The van der Waals surface area contributed by atoms with Crippen LogP contribution >= 0.6 is 23.2 Å². The van der Waals surface area contributed by atoms with E-state index in [-0.39, 0.29) is 39.1 Å². The van der Waals surface area contributed by atoms with Crippen LogP contribution in [-0.2, 0) is 14.8 Å². The number of carbonyl (C=O) groups is 1. The van der Waals surface area contributed by atoms with Crippen molar-refractivity contribution in [3.8, 4) is 11.8 Å². The minimum atomic E-state index is -5.08. The molecule has 0 radical (unpaired) electrons. The summed E-state index contributed by atoms with van der Waals surface area (Å²) in [6, 6.07) is 5.33. The fraction of sp³-hybridized carbons (Fsp3) is 0.174. The summed E-state index contributed by atoms with van der Waals surface area (Å²) in [6.45, 7) is 1.61. The fourth-order valence-corrected chi connectivity index (χ4v) is 4.32. The van der Waals surface area contributed by atoms with Gasteiger partial charge in [-0.3, -0.25) is 4.72 Å². The van der Waals surface area contributed by atoms with Gasteiger partial charge in [-0.15, -0.1) is 0 Å². The first-order valence-corrected chi connectivity index (χ1v) is 12.8. The number of nitrogens with one attached hydrogen (secondary N) is 2. The van der Waals surface area contributed by atoms with E-state index in [1.807, 2.05) is 4.72 Å². The molecule has 4 N–H and O–H groups in total.